The molecule has 0 aliphatic carbocycles. The fourth-order valence-corrected chi connectivity index (χ4v) is 2.53. The summed E-state index contributed by atoms with van der Waals surface area (Å²) in [7, 11) is 0. The molecule has 0 aromatic heterocycles. The molecule has 2 rings (SSSR count). The average Bonchev–Trinajstić information content (AvgIpc) is 2.40. The van der Waals surface area contributed by atoms with Gasteiger partial charge in [0.25, 0.3) is 0 Å². The second-order valence-corrected chi connectivity index (χ2v) is 5.61. The third-order valence-corrected chi connectivity index (χ3v) is 3.75. The van der Waals surface area contributed by atoms with Gasteiger partial charge in [0, 0.05) is 22.6 Å². The number of hydrogen-bond donors (Lipinski definition) is 1. The molecule has 1 unspecified atom stereocenters. The first-order chi connectivity index (χ1) is 9.08. The van der Waals surface area contributed by atoms with Gasteiger partial charge in [-0.15, -0.1) is 0 Å². The van der Waals surface area contributed by atoms with E-state index in [1.54, 1.807) is 6.07 Å². The molecule has 3 heteroatoms. The van der Waals surface area contributed by atoms with Crippen molar-refractivity contribution in [1.29, 1.82) is 0 Å². The van der Waals surface area contributed by atoms with Crippen LogP contribution >= 0.6 is 15.9 Å². The second-order valence-electron chi connectivity index (χ2n) is 4.69. The number of hydrogen-bond acceptors (Lipinski definition) is 1. The Bertz CT molecular complexity index is 568. The van der Waals surface area contributed by atoms with Crippen molar-refractivity contribution in [3.05, 3.63) is 69.4 Å². The molecule has 2 aromatic carbocycles. The van der Waals surface area contributed by atoms with Crippen LogP contribution in [0, 0.1) is 12.7 Å². The molecule has 0 spiro atoms. The highest BCUT2D eigenvalue weighted by molar-refractivity contribution is 9.10. The van der Waals surface area contributed by atoms with Crippen molar-refractivity contribution in [2.24, 2.45) is 0 Å². The lowest BCUT2D eigenvalue weighted by molar-refractivity contribution is 0.542. The van der Waals surface area contributed by atoms with Gasteiger partial charge in [-0.2, -0.15) is 0 Å². The predicted octanol–water partition coefficient (Wildman–Crippen LogP) is 4.75. The highest BCUT2D eigenvalue weighted by Gasteiger charge is 2.09. The Hall–Kier alpha value is -1.19. The molecule has 0 aliphatic rings. The van der Waals surface area contributed by atoms with Crippen LogP contribution in [-0.2, 0) is 6.54 Å². The zero-order chi connectivity index (χ0) is 13.8. The molecular formula is C16H17BrFN. The van der Waals surface area contributed by atoms with Gasteiger partial charge in [-0.1, -0.05) is 40.2 Å². The summed E-state index contributed by atoms with van der Waals surface area (Å²) in [6.45, 7) is 4.70. The fourth-order valence-electron chi connectivity index (χ4n) is 2.12. The number of rotatable bonds is 4. The zero-order valence-corrected chi connectivity index (χ0v) is 12.7. The van der Waals surface area contributed by atoms with E-state index in [0.717, 1.165) is 4.47 Å². The summed E-state index contributed by atoms with van der Waals surface area (Å²) in [5.41, 5.74) is 3.17. The smallest absolute Gasteiger partial charge is 0.127 e. The Balaban J connectivity index is 2.06. The third-order valence-electron chi connectivity index (χ3n) is 3.26. The monoisotopic (exact) mass is 321 g/mol. The molecule has 0 aliphatic heterocycles. The minimum atomic E-state index is -0.173. The van der Waals surface area contributed by atoms with Crippen molar-refractivity contribution in [2.45, 2.75) is 26.4 Å². The highest BCUT2D eigenvalue weighted by Crippen LogP contribution is 2.19. The fraction of sp³-hybridized carbons (Fsp3) is 0.250. The van der Waals surface area contributed by atoms with Crippen molar-refractivity contribution in [3.8, 4) is 0 Å². The van der Waals surface area contributed by atoms with Crippen molar-refractivity contribution >= 4 is 15.9 Å². The number of benzene rings is 2. The van der Waals surface area contributed by atoms with Crippen LogP contribution in [0.15, 0.2) is 46.9 Å². The second kappa shape index (κ2) is 6.31. The molecule has 0 fully saturated rings. The lowest BCUT2D eigenvalue weighted by Crippen LogP contribution is -2.19. The van der Waals surface area contributed by atoms with Gasteiger partial charge in [0.2, 0.25) is 0 Å². The first kappa shape index (κ1) is 14.2. The van der Waals surface area contributed by atoms with E-state index >= 15 is 0 Å². The van der Waals surface area contributed by atoms with E-state index in [2.05, 4.69) is 47.2 Å². The quantitative estimate of drug-likeness (QED) is 0.857. The summed E-state index contributed by atoms with van der Waals surface area (Å²) < 4.78 is 14.5. The molecule has 0 heterocycles. The Kier molecular flexibility index (Phi) is 4.72. The lowest BCUT2D eigenvalue weighted by atomic mass is 10.0. The zero-order valence-electron chi connectivity index (χ0n) is 11.1. The van der Waals surface area contributed by atoms with Crippen LogP contribution in [0.2, 0.25) is 0 Å². The van der Waals surface area contributed by atoms with Crippen LogP contribution in [0.25, 0.3) is 0 Å². The van der Waals surface area contributed by atoms with E-state index in [9.17, 15) is 4.39 Å². The molecule has 2 aromatic rings. The number of aryl methyl sites for hydroxylation is 1. The first-order valence-electron chi connectivity index (χ1n) is 6.31. The van der Waals surface area contributed by atoms with Gasteiger partial charge in [-0.25, -0.2) is 4.39 Å². The molecule has 19 heavy (non-hydrogen) atoms. The van der Waals surface area contributed by atoms with Gasteiger partial charge in [0.05, 0.1) is 0 Å². The van der Waals surface area contributed by atoms with Gasteiger partial charge in [-0.05, 0) is 43.2 Å². The summed E-state index contributed by atoms with van der Waals surface area (Å²) in [5, 5.41) is 3.36. The molecule has 0 amide bonds. The van der Waals surface area contributed by atoms with Crippen LogP contribution in [0.4, 0.5) is 4.39 Å². The minimum absolute atomic E-state index is 0.173. The number of halogens is 2. The Morgan fingerprint density at radius 2 is 1.95 bits per heavy atom. The Morgan fingerprint density at radius 3 is 2.68 bits per heavy atom. The maximum absolute atomic E-state index is 13.6. The molecule has 0 saturated carbocycles. The largest absolute Gasteiger partial charge is 0.306 e. The molecule has 0 saturated heterocycles. The Labute approximate surface area is 122 Å². The first-order valence-corrected chi connectivity index (χ1v) is 7.10. The van der Waals surface area contributed by atoms with Gasteiger partial charge in [-0.3, -0.25) is 0 Å². The lowest BCUT2D eigenvalue weighted by Gasteiger charge is -2.17. The van der Waals surface area contributed by atoms with E-state index in [1.807, 2.05) is 18.2 Å². The Morgan fingerprint density at radius 1 is 1.21 bits per heavy atom. The average molecular weight is 322 g/mol. The molecule has 1 nitrogen and oxygen atoms in total. The molecule has 1 N–H and O–H groups in total. The normalized spacial score (nSPS) is 12.4. The highest BCUT2D eigenvalue weighted by atomic mass is 79.9. The third kappa shape index (κ3) is 3.64. The van der Waals surface area contributed by atoms with E-state index in [1.165, 1.54) is 17.2 Å². The van der Waals surface area contributed by atoms with Gasteiger partial charge >= 0.3 is 0 Å². The summed E-state index contributed by atoms with van der Waals surface area (Å²) >= 11 is 3.37. The van der Waals surface area contributed by atoms with Crippen LogP contribution in [0.1, 0.15) is 29.7 Å². The van der Waals surface area contributed by atoms with Gasteiger partial charge < -0.3 is 5.32 Å². The summed E-state index contributed by atoms with van der Waals surface area (Å²) in [6.07, 6.45) is 0. The SMILES string of the molecule is Cc1ccccc1C(C)NCc1cc(Br)ccc1F. The van der Waals surface area contributed by atoms with Crippen LogP contribution in [0.5, 0.6) is 0 Å². The van der Waals surface area contributed by atoms with Gasteiger partial charge in [0.1, 0.15) is 5.82 Å². The molecular weight excluding hydrogens is 305 g/mol. The summed E-state index contributed by atoms with van der Waals surface area (Å²) in [6, 6.07) is 13.5. The van der Waals surface area contributed by atoms with Crippen LogP contribution < -0.4 is 5.32 Å². The molecule has 0 bridgehead atoms. The van der Waals surface area contributed by atoms with E-state index in [-0.39, 0.29) is 11.9 Å². The maximum Gasteiger partial charge on any atom is 0.127 e. The molecule has 100 valence electrons. The molecule has 0 radical (unpaired) electrons. The van der Waals surface area contributed by atoms with Crippen molar-refractivity contribution < 1.29 is 4.39 Å². The van der Waals surface area contributed by atoms with E-state index in [4.69, 9.17) is 0 Å². The summed E-state index contributed by atoms with van der Waals surface area (Å²) in [5.74, 6) is -0.173. The van der Waals surface area contributed by atoms with Crippen molar-refractivity contribution in [1.82, 2.24) is 5.32 Å². The van der Waals surface area contributed by atoms with Crippen LogP contribution in [0.3, 0.4) is 0 Å². The van der Waals surface area contributed by atoms with E-state index in [0.29, 0.717) is 12.1 Å². The van der Waals surface area contributed by atoms with Crippen molar-refractivity contribution in [2.75, 3.05) is 0 Å². The maximum atomic E-state index is 13.6. The van der Waals surface area contributed by atoms with Gasteiger partial charge in [0.15, 0.2) is 0 Å². The minimum Gasteiger partial charge on any atom is -0.306 e. The number of nitrogens with one attached hydrogen (secondary N) is 1. The van der Waals surface area contributed by atoms with E-state index < -0.39 is 0 Å². The predicted molar refractivity (Wildman–Crippen MR) is 80.5 cm³/mol. The summed E-state index contributed by atoms with van der Waals surface area (Å²) in [4.78, 5) is 0. The standard InChI is InChI=1S/C16H17BrFN/c1-11-5-3-4-6-15(11)12(2)19-10-13-9-14(17)7-8-16(13)18/h3-9,12,19H,10H2,1-2H3. The molecule has 1 atom stereocenters. The van der Waals surface area contributed by atoms with Crippen LogP contribution in [-0.4, -0.2) is 0 Å². The topological polar surface area (TPSA) is 12.0 Å². The van der Waals surface area contributed by atoms with Crippen molar-refractivity contribution in [3.63, 3.8) is 0 Å².